The molecule has 4 aromatic carbocycles. The third kappa shape index (κ3) is 4.53. The molecule has 0 saturated carbocycles. The molecule has 0 spiro atoms. The van der Waals surface area contributed by atoms with Gasteiger partial charge in [0.2, 0.25) is 5.91 Å². The molecule has 1 fully saturated rings. The molecule has 2 heterocycles. The lowest BCUT2D eigenvalue weighted by Gasteiger charge is -2.53. The lowest BCUT2D eigenvalue weighted by molar-refractivity contribution is -0.151. The van der Waals surface area contributed by atoms with Crippen LogP contribution in [0.4, 0.5) is 0 Å². The molecular weight excluding hydrogens is 516 g/mol. The lowest BCUT2D eigenvalue weighted by Crippen LogP contribution is -2.72. The van der Waals surface area contributed by atoms with Crippen molar-refractivity contribution in [1.82, 2.24) is 10.2 Å². The van der Waals surface area contributed by atoms with Gasteiger partial charge in [-0.25, -0.2) is 4.79 Å². The summed E-state index contributed by atoms with van der Waals surface area (Å²) in [7, 11) is 1.37. The summed E-state index contributed by atoms with van der Waals surface area (Å²) in [4.78, 5) is 28.7. The summed E-state index contributed by atoms with van der Waals surface area (Å²) >= 11 is 1.69. The molecule has 4 aromatic rings. The van der Waals surface area contributed by atoms with Gasteiger partial charge in [-0.2, -0.15) is 0 Å². The zero-order chi connectivity index (χ0) is 27.5. The highest BCUT2D eigenvalue weighted by molar-refractivity contribution is 8.00. The Balaban J connectivity index is 1.42. The summed E-state index contributed by atoms with van der Waals surface area (Å²) in [6, 6.07) is 40.2. The van der Waals surface area contributed by atoms with Gasteiger partial charge in [0.05, 0.1) is 12.6 Å². The average molecular weight is 547 g/mol. The van der Waals surface area contributed by atoms with Gasteiger partial charge < -0.3 is 4.74 Å². The second kappa shape index (κ2) is 11.2. The molecule has 6 heteroatoms. The van der Waals surface area contributed by atoms with E-state index in [0.29, 0.717) is 17.9 Å². The number of hydrogen-bond donors (Lipinski definition) is 1. The fourth-order valence-corrected chi connectivity index (χ4v) is 7.14. The predicted octanol–water partition coefficient (Wildman–Crippen LogP) is 5.52. The number of thioether (sulfide) groups is 1. The van der Waals surface area contributed by atoms with Crippen molar-refractivity contribution in [2.24, 2.45) is 0 Å². The quantitative estimate of drug-likeness (QED) is 0.179. The molecule has 1 amide bonds. The molecule has 1 unspecified atom stereocenters. The van der Waals surface area contributed by atoms with Gasteiger partial charge in [-0.15, -0.1) is 11.8 Å². The Labute approximate surface area is 238 Å². The van der Waals surface area contributed by atoms with E-state index in [1.54, 1.807) is 16.7 Å². The van der Waals surface area contributed by atoms with E-state index >= 15 is 0 Å². The highest BCUT2D eigenvalue weighted by Gasteiger charge is 2.56. The van der Waals surface area contributed by atoms with E-state index in [-0.39, 0.29) is 11.3 Å². The first-order chi connectivity index (χ1) is 19.6. The topological polar surface area (TPSA) is 58.6 Å². The van der Waals surface area contributed by atoms with Gasteiger partial charge in [0.15, 0.2) is 0 Å². The van der Waals surface area contributed by atoms with Crippen molar-refractivity contribution >= 4 is 23.6 Å². The second-order valence-electron chi connectivity index (χ2n) is 9.99. The van der Waals surface area contributed by atoms with Crippen LogP contribution >= 0.6 is 11.8 Å². The first kappa shape index (κ1) is 26.1. The predicted molar refractivity (Wildman–Crippen MR) is 158 cm³/mol. The van der Waals surface area contributed by atoms with Crippen LogP contribution in [0.15, 0.2) is 133 Å². The summed E-state index contributed by atoms with van der Waals surface area (Å²) in [5.41, 5.74) is 4.70. The van der Waals surface area contributed by atoms with Gasteiger partial charge >= 0.3 is 5.97 Å². The molecule has 1 saturated heterocycles. The fraction of sp³-hybridized carbons (Fsp3) is 0.176. The third-order valence-corrected chi connectivity index (χ3v) is 9.02. The van der Waals surface area contributed by atoms with Crippen LogP contribution in [-0.4, -0.2) is 41.1 Å². The Bertz CT molecular complexity index is 1430. The third-order valence-electron chi connectivity index (χ3n) is 7.68. The largest absolute Gasteiger partial charge is 0.464 e. The van der Waals surface area contributed by atoms with Crippen molar-refractivity contribution < 1.29 is 14.3 Å². The lowest BCUT2D eigenvalue weighted by atomic mass is 9.76. The number of fused-ring (bicyclic) bond motifs is 1. The zero-order valence-electron chi connectivity index (χ0n) is 22.2. The number of carbonyl (C=O) groups excluding carboxylic acids is 2. The minimum absolute atomic E-state index is 0.129. The Morgan fingerprint density at radius 3 is 1.77 bits per heavy atom. The molecule has 2 atom stereocenters. The molecule has 0 aliphatic carbocycles. The SMILES string of the molecule is COC(=O)C1=C(Cc2ccccc2)CS[C@@H]2C(NC(c3ccccc3)(c3ccccc3)c3ccccc3)C(=O)N12. The average Bonchev–Trinajstić information content (AvgIpc) is 3.03. The van der Waals surface area contributed by atoms with Gasteiger partial charge in [-0.3, -0.25) is 15.0 Å². The van der Waals surface area contributed by atoms with E-state index in [1.165, 1.54) is 7.11 Å². The van der Waals surface area contributed by atoms with Crippen molar-refractivity contribution in [3.8, 4) is 0 Å². The first-order valence-electron chi connectivity index (χ1n) is 13.4. The molecular formula is C34H30N2O3S. The molecule has 1 N–H and O–H groups in total. The van der Waals surface area contributed by atoms with Crippen molar-refractivity contribution in [3.63, 3.8) is 0 Å². The van der Waals surface area contributed by atoms with Gasteiger partial charge in [-0.05, 0) is 34.2 Å². The Morgan fingerprint density at radius 1 is 0.825 bits per heavy atom. The number of esters is 1. The summed E-state index contributed by atoms with van der Waals surface area (Å²) in [6.45, 7) is 0. The van der Waals surface area contributed by atoms with E-state index in [9.17, 15) is 9.59 Å². The zero-order valence-corrected chi connectivity index (χ0v) is 23.0. The summed E-state index contributed by atoms with van der Waals surface area (Å²) in [5, 5.41) is 3.58. The van der Waals surface area contributed by atoms with E-state index < -0.39 is 17.6 Å². The molecule has 0 radical (unpaired) electrons. The maximum Gasteiger partial charge on any atom is 0.354 e. The first-order valence-corrected chi connectivity index (χ1v) is 14.4. The van der Waals surface area contributed by atoms with Crippen LogP contribution in [0.1, 0.15) is 22.3 Å². The van der Waals surface area contributed by atoms with Gasteiger partial charge in [-0.1, -0.05) is 121 Å². The van der Waals surface area contributed by atoms with Crippen LogP contribution in [0.2, 0.25) is 0 Å². The normalized spacial score (nSPS) is 18.6. The number of ether oxygens (including phenoxy) is 1. The monoisotopic (exact) mass is 546 g/mol. The smallest absolute Gasteiger partial charge is 0.354 e. The number of carbonyl (C=O) groups is 2. The Kier molecular flexibility index (Phi) is 7.29. The van der Waals surface area contributed by atoms with Crippen LogP contribution in [0, 0.1) is 0 Å². The van der Waals surface area contributed by atoms with Crippen molar-refractivity contribution in [2.45, 2.75) is 23.4 Å². The van der Waals surface area contributed by atoms with Gasteiger partial charge in [0.25, 0.3) is 0 Å². The maximum atomic E-state index is 14.0. The maximum absolute atomic E-state index is 14.0. The number of benzene rings is 4. The number of hydrogen-bond acceptors (Lipinski definition) is 5. The molecule has 2 aliphatic heterocycles. The van der Waals surface area contributed by atoms with Crippen molar-refractivity contribution in [3.05, 3.63) is 155 Å². The van der Waals surface area contributed by atoms with E-state index in [2.05, 4.69) is 41.7 Å². The number of β-lactam (4-membered cyclic amide) rings is 1. The minimum atomic E-state index is -0.782. The Morgan fingerprint density at radius 2 is 1.30 bits per heavy atom. The highest BCUT2D eigenvalue weighted by atomic mass is 32.2. The molecule has 2 aliphatic rings. The van der Waals surface area contributed by atoms with Gasteiger partial charge in [0.1, 0.15) is 17.1 Å². The number of amides is 1. The summed E-state index contributed by atoms with van der Waals surface area (Å²) in [6.07, 6.45) is 0.592. The number of rotatable bonds is 8. The molecule has 5 nitrogen and oxygen atoms in total. The molecule has 0 bridgehead atoms. The fourth-order valence-electron chi connectivity index (χ4n) is 5.79. The molecule has 0 aromatic heterocycles. The van der Waals surface area contributed by atoms with E-state index in [1.807, 2.05) is 84.9 Å². The van der Waals surface area contributed by atoms with Crippen molar-refractivity contribution in [2.75, 3.05) is 12.9 Å². The molecule has 200 valence electrons. The summed E-state index contributed by atoms with van der Waals surface area (Å²) < 4.78 is 5.18. The number of methoxy groups -OCH3 is 1. The highest BCUT2D eigenvalue weighted by Crippen LogP contribution is 2.45. The summed E-state index contributed by atoms with van der Waals surface area (Å²) in [5.74, 6) is 0.0415. The van der Waals surface area contributed by atoms with Crippen LogP contribution in [0.3, 0.4) is 0 Å². The standard InChI is InChI=1S/C34H30N2O3S/c1-39-33(38)30-25(22-24-14-6-2-7-15-24)23-40-32-29(31(37)36(30)32)35-34(26-16-8-3-9-17-26,27-18-10-4-11-19-27)28-20-12-5-13-21-28/h2-21,29,32,35H,22-23H2,1H3/t29?,32-/m1/s1. The number of nitrogens with one attached hydrogen (secondary N) is 1. The van der Waals surface area contributed by atoms with Crippen LogP contribution in [0.5, 0.6) is 0 Å². The second-order valence-corrected chi connectivity index (χ2v) is 11.1. The van der Waals surface area contributed by atoms with Crippen molar-refractivity contribution in [1.29, 1.82) is 0 Å². The van der Waals surface area contributed by atoms with Crippen LogP contribution < -0.4 is 5.32 Å². The minimum Gasteiger partial charge on any atom is -0.464 e. The van der Waals surface area contributed by atoms with E-state index in [0.717, 1.165) is 27.8 Å². The Hall–Kier alpha value is -4.13. The van der Waals surface area contributed by atoms with Gasteiger partial charge in [0, 0.05) is 5.75 Å². The van der Waals surface area contributed by atoms with Crippen LogP contribution in [0.25, 0.3) is 0 Å². The van der Waals surface area contributed by atoms with Crippen LogP contribution in [-0.2, 0) is 26.3 Å². The molecule has 40 heavy (non-hydrogen) atoms. The molecule has 6 rings (SSSR count). The number of nitrogens with zero attached hydrogens (tertiary/aromatic N) is 1. The van der Waals surface area contributed by atoms with E-state index in [4.69, 9.17) is 4.74 Å².